The van der Waals surface area contributed by atoms with Gasteiger partial charge in [0.15, 0.2) is 0 Å². The van der Waals surface area contributed by atoms with Crippen molar-refractivity contribution in [2.24, 2.45) is 0 Å². The van der Waals surface area contributed by atoms with Gasteiger partial charge in [0.25, 0.3) is 0 Å². The molecule has 7 nitrogen and oxygen atoms in total. The highest BCUT2D eigenvalue weighted by Gasteiger charge is 2.30. The molecule has 0 aliphatic carbocycles. The largest absolute Gasteiger partial charge is 0.463 e. The lowest BCUT2D eigenvalue weighted by Crippen LogP contribution is -2.47. The van der Waals surface area contributed by atoms with Gasteiger partial charge in [-0.15, -0.1) is 0 Å². The molecule has 178 valence electrons. The van der Waals surface area contributed by atoms with Crippen molar-refractivity contribution in [3.8, 4) is 0 Å². The van der Waals surface area contributed by atoms with Gasteiger partial charge in [0, 0.05) is 6.42 Å². The predicted octanol–water partition coefficient (Wildman–Crippen LogP) is 2.33. The zero-order valence-electron chi connectivity index (χ0n) is 18.6. The Morgan fingerprint density at radius 2 is 1.29 bits per heavy atom. The molecule has 0 amide bonds. The van der Waals surface area contributed by atoms with E-state index in [1.807, 2.05) is 0 Å². The Bertz CT molecular complexity index is 554. The van der Waals surface area contributed by atoms with Crippen LogP contribution in [0.3, 0.4) is 0 Å². The first-order valence-corrected chi connectivity index (χ1v) is 11.0. The second-order valence-corrected chi connectivity index (χ2v) is 7.23. The summed E-state index contributed by atoms with van der Waals surface area (Å²) in [5.41, 5.74) is 0. The molecule has 7 heteroatoms. The van der Waals surface area contributed by atoms with Crippen molar-refractivity contribution in [3.05, 3.63) is 48.6 Å². The molecule has 0 rings (SSSR count). The van der Waals surface area contributed by atoms with E-state index in [0.29, 0.717) is 6.42 Å². The third-order valence-electron chi connectivity index (χ3n) is 4.46. The van der Waals surface area contributed by atoms with Gasteiger partial charge in [-0.25, -0.2) is 0 Å². The molecule has 0 aliphatic rings. The lowest BCUT2D eigenvalue weighted by atomic mass is 10.0. The minimum Gasteiger partial charge on any atom is -0.463 e. The number of rotatable bonds is 18. The number of aliphatic hydroxyl groups is 5. The van der Waals surface area contributed by atoms with E-state index in [0.717, 1.165) is 38.5 Å². The Labute approximate surface area is 186 Å². The zero-order chi connectivity index (χ0) is 23.3. The van der Waals surface area contributed by atoms with Gasteiger partial charge >= 0.3 is 5.97 Å². The summed E-state index contributed by atoms with van der Waals surface area (Å²) in [7, 11) is 0. The average molecular weight is 441 g/mol. The summed E-state index contributed by atoms with van der Waals surface area (Å²) < 4.78 is 4.87. The van der Waals surface area contributed by atoms with E-state index in [9.17, 15) is 25.2 Å². The third-order valence-corrected chi connectivity index (χ3v) is 4.46. The fourth-order valence-electron chi connectivity index (χ4n) is 2.54. The first-order chi connectivity index (χ1) is 14.9. The number of aliphatic hydroxyl groups excluding tert-OH is 5. The van der Waals surface area contributed by atoms with Crippen molar-refractivity contribution in [2.75, 3.05) is 13.2 Å². The topological polar surface area (TPSA) is 127 Å². The van der Waals surface area contributed by atoms with Crippen LogP contribution in [-0.2, 0) is 9.53 Å². The molecule has 0 saturated heterocycles. The molecule has 0 aliphatic heterocycles. The maximum Gasteiger partial charge on any atom is 0.305 e. The molecule has 0 saturated carbocycles. The fraction of sp³-hybridized carbons (Fsp3) is 0.625. The highest BCUT2D eigenvalue weighted by molar-refractivity contribution is 5.69. The quantitative estimate of drug-likeness (QED) is 0.126. The molecule has 5 N–H and O–H groups in total. The van der Waals surface area contributed by atoms with Gasteiger partial charge in [0.1, 0.15) is 31.0 Å². The van der Waals surface area contributed by atoms with Crippen LogP contribution in [0.5, 0.6) is 0 Å². The summed E-state index contributed by atoms with van der Waals surface area (Å²) in [6, 6.07) is 0. The van der Waals surface area contributed by atoms with Gasteiger partial charge in [0.05, 0.1) is 6.61 Å². The number of carbonyl (C=O) groups excluding carboxylic acids is 1. The van der Waals surface area contributed by atoms with Gasteiger partial charge in [-0.05, 0) is 44.9 Å². The monoisotopic (exact) mass is 440 g/mol. The van der Waals surface area contributed by atoms with Gasteiger partial charge in [0.2, 0.25) is 0 Å². The molecule has 0 unspecified atom stereocenters. The minimum absolute atomic E-state index is 0.193. The van der Waals surface area contributed by atoms with Crippen molar-refractivity contribution < 1.29 is 35.1 Å². The molecular formula is C24H40O7. The van der Waals surface area contributed by atoms with E-state index in [2.05, 4.69) is 55.5 Å². The number of hydrogen-bond acceptors (Lipinski definition) is 7. The van der Waals surface area contributed by atoms with Crippen molar-refractivity contribution >= 4 is 5.97 Å². The molecule has 0 fully saturated rings. The van der Waals surface area contributed by atoms with Crippen molar-refractivity contribution in [2.45, 2.75) is 82.7 Å². The van der Waals surface area contributed by atoms with E-state index in [-0.39, 0.29) is 6.42 Å². The van der Waals surface area contributed by atoms with Crippen LogP contribution in [0.1, 0.15) is 58.3 Å². The van der Waals surface area contributed by atoms with E-state index in [1.54, 1.807) is 0 Å². The molecule has 4 atom stereocenters. The van der Waals surface area contributed by atoms with Crippen LogP contribution in [0.2, 0.25) is 0 Å². The number of allylic oxidation sites excluding steroid dienone is 8. The van der Waals surface area contributed by atoms with Crippen LogP contribution < -0.4 is 0 Å². The van der Waals surface area contributed by atoms with Gasteiger partial charge in [-0.2, -0.15) is 0 Å². The maximum absolute atomic E-state index is 11.7. The van der Waals surface area contributed by atoms with Crippen LogP contribution in [-0.4, -0.2) is 69.1 Å². The third kappa shape index (κ3) is 16.6. The predicted molar refractivity (Wildman–Crippen MR) is 121 cm³/mol. The van der Waals surface area contributed by atoms with Gasteiger partial charge < -0.3 is 30.3 Å². The minimum atomic E-state index is -1.73. The van der Waals surface area contributed by atoms with Gasteiger partial charge in [-0.1, -0.05) is 55.5 Å². The van der Waals surface area contributed by atoms with Gasteiger partial charge in [-0.3, -0.25) is 4.79 Å². The molecule has 0 aromatic heterocycles. The SMILES string of the molecule is CCC=CCC=CCC=CCC=CCCCCC(=O)OC[C@@H](O)[C@@H](O)[C@H](O)[C@H](O)CO. The number of ether oxygens (including phenoxy) is 1. The second-order valence-electron chi connectivity index (χ2n) is 7.23. The summed E-state index contributed by atoms with van der Waals surface area (Å²) in [5, 5.41) is 46.8. The summed E-state index contributed by atoms with van der Waals surface area (Å²) in [4.78, 5) is 11.7. The molecule has 0 aromatic carbocycles. The zero-order valence-corrected chi connectivity index (χ0v) is 18.6. The summed E-state index contributed by atoms with van der Waals surface area (Å²) in [6.07, 6.45) is 16.8. The van der Waals surface area contributed by atoms with Crippen LogP contribution in [0, 0.1) is 0 Å². The lowest BCUT2D eigenvalue weighted by molar-refractivity contribution is -0.156. The van der Waals surface area contributed by atoms with Crippen LogP contribution in [0.4, 0.5) is 0 Å². The van der Waals surface area contributed by atoms with Crippen molar-refractivity contribution in [1.82, 2.24) is 0 Å². The molecule has 0 radical (unpaired) electrons. The van der Waals surface area contributed by atoms with E-state index < -0.39 is 43.6 Å². The molecule has 0 aromatic rings. The van der Waals surface area contributed by atoms with Crippen molar-refractivity contribution in [1.29, 1.82) is 0 Å². The average Bonchev–Trinajstić information content (AvgIpc) is 2.78. The summed E-state index contributed by atoms with van der Waals surface area (Å²) in [6.45, 7) is 0.867. The number of carbonyl (C=O) groups is 1. The Morgan fingerprint density at radius 3 is 1.84 bits per heavy atom. The summed E-state index contributed by atoms with van der Waals surface area (Å²) >= 11 is 0. The molecule has 0 bridgehead atoms. The number of unbranched alkanes of at least 4 members (excludes halogenated alkanes) is 2. The Hall–Kier alpha value is -1.77. The molecule has 31 heavy (non-hydrogen) atoms. The smallest absolute Gasteiger partial charge is 0.305 e. The highest BCUT2D eigenvalue weighted by Crippen LogP contribution is 2.07. The summed E-state index contributed by atoms with van der Waals surface area (Å²) in [5.74, 6) is -0.506. The molecular weight excluding hydrogens is 400 g/mol. The van der Waals surface area contributed by atoms with Crippen molar-refractivity contribution in [3.63, 3.8) is 0 Å². The standard InChI is InChI=1S/C24H40O7/c1-2-3-4-5-6-7-8-9-10-11-12-13-14-15-16-17-22(28)31-19-21(27)24(30)23(29)20(26)18-25/h3-4,6-7,9-10,12-13,20-21,23-27,29-30H,2,5,8,11,14-19H2,1H3/t20-,21-,23-,24-/m1/s1. The number of hydrogen-bond donors (Lipinski definition) is 5. The first-order valence-electron chi connectivity index (χ1n) is 11.0. The Morgan fingerprint density at radius 1 is 0.774 bits per heavy atom. The maximum atomic E-state index is 11.7. The lowest BCUT2D eigenvalue weighted by Gasteiger charge is -2.25. The fourth-order valence-corrected chi connectivity index (χ4v) is 2.54. The van der Waals surface area contributed by atoms with E-state index in [4.69, 9.17) is 9.84 Å². The second kappa shape index (κ2) is 20.2. The van der Waals surface area contributed by atoms with Crippen LogP contribution in [0.25, 0.3) is 0 Å². The molecule has 0 spiro atoms. The highest BCUT2D eigenvalue weighted by atomic mass is 16.5. The number of esters is 1. The Kier molecular flexibility index (Phi) is 19.0. The van der Waals surface area contributed by atoms with E-state index in [1.165, 1.54) is 0 Å². The molecule has 0 heterocycles. The van der Waals surface area contributed by atoms with Crippen LogP contribution in [0.15, 0.2) is 48.6 Å². The van der Waals surface area contributed by atoms with Crippen LogP contribution >= 0.6 is 0 Å². The van der Waals surface area contributed by atoms with E-state index >= 15 is 0 Å². The Balaban J connectivity index is 3.74. The first kappa shape index (κ1) is 29.2. The normalized spacial score (nSPS) is 16.5.